The molecular formula is C8H8ClIO3S. The Balaban J connectivity index is 2.74. The molecule has 0 aromatic heterocycles. The predicted octanol–water partition coefficient (Wildman–Crippen LogP) is 2.24. The lowest BCUT2D eigenvalue weighted by atomic mass is 10.3. The zero-order chi connectivity index (χ0) is 10.6. The summed E-state index contributed by atoms with van der Waals surface area (Å²) in [6, 6.07) is 6.75. The lowest BCUT2D eigenvalue weighted by molar-refractivity contribution is 0.488. The van der Waals surface area contributed by atoms with Crippen LogP contribution in [0.15, 0.2) is 24.3 Å². The number of alkyl halides is 1. The molecular weight excluding hydrogens is 339 g/mol. The highest BCUT2D eigenvalue weighted by Gasteiger charge is 2.11. The van der Waals surface area contributed by atoms with Crippen molar-refractivity contribution < 1.29 is 12.6 Å². The highest BCUT2D eigenvalue weighted by Crippen LogP contribution is 2.15. The molecule has 0 unspecified atom stereocenters. The Morgan fingerprint density at radius 3 is 2.36 bits per heavy atom. The van der Waals surface area contributed by atoms with E-state index in [0.717, 1.165) is 3.57 Å². The monoisotopic (exact) mass is 346 g/mol. The molecule has 1 aromatic carbocycles. The van der Waals surface area contributed by atoms with Gasteiger partial charge in [0.2, 0.25) is 0 Å². The van der Waals surface area contributed by atoms with E-state index in [0.29, 0.717) is 5.75 Å². The minimum atomic E-state index is -3.53. The zero-order valence-electron chi connectivity index (χ0n) is 7.11. The van der Waals surface area contributed by atoms with Crippen LogP contribution in [0, 0.1) is 3.57 Å². The number of rotatable bonds is 4. The van der Waals surface area contributed by atoms with Gasteiger partial charge in [0.05, 0.1) is 5.75 Å². The van der Waals surface area contributed by atoms with E-state index in [1.807, 2.05) is 0 Å². The standard InChI is InChI=1S/C8H8ClIO3S/c9-5-6-14(11,12)13-8-3-1-7(10)2-4-8/h1-4H,5-6H2. The summed E-state index contributed by atoms with van der Waals surface area (Å²) in [6.45, 7) is 0. The summed E-state index contributed by atoms with van der Waals surface area (Å²) in [7, 11) is -3.53. The molecule has 0 fully saturated rings. The predicted molar refractivity (Wildman–Crippen MR) is 64.3 cm³/mol. The fourth-order valence-corrected chi connectivity index (χ4v) is 2.38. The van der Waals surface area contributed by atoms with Gasteiger partial charge in [-0.2, -0.15) is 8.42 Å². The van der Waals surface area contributed by atoms with Gasteiger partial charge in [0.25, 0.3) is 0 Å². The summed E-state index contributed by atoms with van der Waals surface area (Å²) in [5, 5.41) is 0. The summed E-state index contributed by atoms with van der Waals surface area (Å²) in [6.07, 6.45) is 0. The van der Waals surface area contributed by atoms with E-state index >= 15 is 0 Å². The van der Waals surface area contributed by atoms with Crippen LogP contribution in [0.25, 0.3) is 0 Å². The van der Waals surface area contributed by atoms with Crippen LogP contribution in [0.5, 0.6) is 5.75 Å². The average molecular weight is 347 g/mol. The fraction of sp³-hybridized carbons (Fsp3) is 0.250. The molecule has 14 heavy (non-hydrogen) atoms. The third-order valence-electron chi connectivity index (χ3n) is 1.36. The molecule has 0 heterocycles. The van der Waals surface area contributed by atoms with Crippen LogP contribution in [0.4, 0.5) is 0 Å². The van der Waals surface area contributed by atoms with Crippen molar-refractivity contribution in [3.8, 4) is 5.75 Å². The minimum Gasteiger partial charge on any atom is -0.382 e. The van der Waals surface area contributed by atoms with E-state index in [9.17, 15) is 8.42 Å². The quantitative estimate of drug-likeness (QED) is 0.477. The summed E-state index contributed by atoms with van der Waals surface area (Å²) < 4.78 is 28.2. The molecule has 0 saturated heterocycles. The largest absolute Gasteiger partial charge is 0.382 e. The first-order valence-corrected chi connectivity index (χ1v) is 6.96. The van der Waals surface area contributed by atoms with Crippen molar-refractivity contribution in [2.24, 2.45) is 0 Å². The Hall–Kier alpha value is -0.0100. The Bertz CT molecular complexity index is 388. The molecule has 0 aliphatic carbocycles. The minimum absolute atomic E-state index is 0.0344. The topological polar surface area (TPSA) is 43.4 Å². The van der Waals surface area contributed by atoms with Crippen LogP contribution < -0.4 is 4.18 Å². The molecule has 0 spiro atoms. The van der Waals surface area contributed by atoms with Gasteiger partial charge < -0.3 is 4.18 Å². The van der Waals surface area contributed by atoms with Gasteiger partial charge in [-0.1, -0.05) is 0 Å². The molecule has 6 heteroatoms. The van der Waals surface area contributed by atoms with Gasteiger partial charge in [0.1, 0.15) is 5.75 Å². The van der Waals surface area contributed by atoms with E-state index < -0.39 is 10.1 Å². The second-order valence-corrected chi connectivity index (χ2v) is 5.80. The van der Waals surface area contributed by atoms with Crippen molar-refractivity contribution in [3.63, 3.8) is 0 Å². The van der Waals surface area contributed by atoms with E-state index in [4.69, 9.17) is 15.8 Å². The lowest BCUT2D eigenvalue weighted by Gasteiger charge is -2.04. The first-order chi connectivity index (χ1) is 6.53. The van der Waals surface area contributed by atoms with Gasteiger partial charge in [-0.05, 0) is 46.9 Å². The van der Waals surface area contributed by atoms with Crippen molar-refractivity contribution in [1.29, 1.82) is 0 Å². The van der Waals surface area contributed by atoms with Gasteiger partial charge in [-0.15, -0.1) is 11.6 Å². The molecule has 3 nitrogen and oxygen atoms in total. The van der Waals surface area contributed by atoms with E-state index in [-0.39, 0.29) is 11.6 Å². The second-order valence-electron chi connectivity index (χ2n) is 2.49. The molecule has 0 aliphatic heterocycles. The first kappa shape index (κ1) is 12.1. The average Bonchev–Trinajstić information content (AvgIpc) is 2.08. The third-order valence-corrected chi connectivity index (χ3v) is 3.65. The molecule has 0 atom stereocenters. The zero-order valence-corrected chi connectivity index (χ0v) is 10.8. The Kier molecular flexibility index (Phi) is 4.46. The van der Waals surface area contributed by atoms with Crippen molar-refractivity contribution in [3.05, 3.63) is 27.8 Å². The van der Waals surface area contributed by atoms with Crippen LogP contribution in [0.1, 0.15) is 0 Å². The highest BCUT2D eigenvalue weighted by molar-refractivity contribution is 14.1. The van der Waals surface area contributed by atoms with E-state index in [2.05, 4.69) is 22.6 Å². The van der Waals surface area contributed by atoms with Crippen LogP contribution >= 0.6 is 34.2 Å². The summed E-state index contributed by atoms with van der Waals surface area (Å²) in [5.74, 6) is 0.170. The molecule has 0 saturated carbocycles. The van der Waals surface area contributed by atoms with E-state index in [1.54, 1.807) is 24.3 Å². The van der Waals surface area contributed by atoms with Gasteiger partial charge in [-0.25, -0.2) is 0 Å². The Labute approximate surface area is 102 Å². The molecule has 1 aromatic rings. The molecule has 0 amide bonds. The number of hydrogen-bond donors (Lipinski definition) is 0. The first-order valence-electron chi connectivity index (χ1n) is 3.77. The number of benzene rings is 1. The third kappa shape index (κ3) is 4.02. The maximum Gasteiger partial charge on any atom is 0.310 e. The normalized spacial score (nSPS) is 11.3. The van der Waals surface area contributed by atoms with Crippen LogP contribution in [0.3, 0.4) is 0 Å². The van der Waals surface area contributed by atoms with Crippen molar-refractivity contribution in [1.82, 2.24) is 0 Å². The van der Waals surface area contributed by atoms with Gasteiger partial charge in [0, 0.05) is 9.45 Å². The number of hydrogen-bond acceptors (Lipinski definition) is 3. The Morgan fingerprint density at radius 1 is 1.29 bits per heavy atom. The summed E-state index contributed by atoms with van der Waals surface area (Å²) in [4.78, 5) is 0. The van der Waals surface area contributed by atoms with Gasteiger partial charge in [-0.3, -0.25) is 0 Å². The summed E-state index contributed by atoms with van der Waals surface area (Å²) in [5.41, 5.74) is 0. The maximum atomic E-state index is 11.2. The highest BCUT2D eigenvalue weighted by atomic mass is 127. The van der Waals surface area contributed by atoms with Crippen LogP contribution in [-0.2, 0) is 10.1 Å². The lowest BCUT2D eigenvalue weighted by Crippen LogP contribution is -2.14. The number of halogens is 2. The van der Waals surface area contributed by atoms with Crippen molar-refractivity contribution in [2.45, 2.75) is 0 Å². The smallest absolute Gasteiger partial charge is 0.310 e. The molecule has 1 rings (SSSR count). The van der Waals surface area contributed by atoms with E-state index in [1.165, 1.54) is 0 Å². The molecule has 0 radical (unpaired) electrons. The fourth-order valence-electron chi connectivity index (χ4n) is 0.773. The van der Waals surface area contributed by atoms with Gasteiger partial charge >= 0.3 is 10.1 Å². The van der Waals surface area contributed by atoms with Crippen LogP contribution in [0.2, 0.25) is 0 Å². The van der Waals surface area contributed by atoms with Crippen molar-refractivity contribution in [2.75, 3.05) is 11.6 Å². The SMILES string of the molecule is O=S(=O)(CCCl)Oc1ccc(I)cc1. The molecule has 78 valence electrons. The van der Waals surface area contributed by atoms with Gasteiger partial charge in [0.15, 0.2) is 0 Å². The molecule has 0 aliphatic rings. The molecule has 0 N–H and O–H groups in total. The van der Waals surface area contributed by atoms with Crippen LogP contribution in [-0.4, -0.2) is 20.1 Å². The summed E-state index contributed by atoms with van der Waals surface area (Å²) >= 11 is 7.44. The van der Waals surface area contributed by atoms with Crippen molar-refractivity contribution >= 4 is 44.3 Å². The molecule has 0 bridgehead atoms. The maximum absolute atomic E-state index is 11.2. The second kappa shape index (κ2) is 5.18. The Morgan fingerprint density at radius 2 is 1.86 bits per heavy atom.